The van der Waals surface area contributed by atoms with Crippen LogP contribution in [-0.2, 0) is 0 Å². The van der Waals surface area contributed by atoms with Crippen molar-refractivity contribution in [1.82, 2.24) is 20.0 Å². The maximum Gasteiger partial charge on any atom is 0.155 e. The summed E-state index contributed by atoms with van der Waals surface area (Å²) in [7, 11) is 0. The number of benzene rings is 1. The van der Waals surface area contributed by atoms with Crippen molar-refractivity contribution in [3.8, 4) is 16.9 Å². The molecule has 0 bridgehead atoms. The zero-order valence-electron chi connectivity index (χ0n) is 9.06. The second kappa shape index (κ2) is 4.17. The van der Waals surface area contributed by atoms with E-state index in [-0.39, 0.29) is 0 Å². The van der Waals surface area contributed by atoms with E-state index in [9.17, 15) is 0 Å². The number of aromatic nitrogens is 4. The van der Waals surface area contributed by atoms with Gasteiger partial charge in [-0.25, -0.2) is 9.67 Å². The lowest BCUT2D eigenvalue weighted by Gasteiger charge is -2.03. The van der Waals surface area contributed by atoms with Crippen LogP contribution in [0.4, 0.5) is 0 Å². The van der Waals surface area contributed by atoms with Crippen LogP contribution in [-0.4, -0.2) is 20.0 Å². The largest absolute Gasteiger partial charge is 0.237 e. The van der Waals surface area contributed by atoms with Gasteiger partial charge in [-0.1, -0.05) is 35.5 Å². The molecule has 0 unspecified atom stereocenters. The highest BCUT2D eigenvalue weighted by Crippen LogP contribution is 2.19. The summed E-state index contributed by atoms with van der Waals surface area (Å²) in [6.07, 6.45) is 5.19. The Labute approximate surface area is 98.6 Å². The Balaban J connectivity index is 2.06. The van der Waals surface area contributed by atoms with Crippen LogP contribution in [0, 0.1) is 0 Å². The molecule has 4 nitrogen and oxygen atoms in total. The summed E-state index contributed by atoms with van der Waals surface area (Å²) in [5.41, 5.74) is 2.28. The van der Waals surface area contributed by atoms with Gasteiger partial charge in [-0.3, -0.25) is 0 Å². The predicted molar refractivity (Wildman–Crippen MR) is 64.6 cm³/mol. The van der Waals surface area contributed by atoms with Gasteiger partial charge in [-0.2, -0.15) is 0 Å². The topological polar surface area (TPSA) is 43.6 Å². The van der Waals surface area contributed by atoms with E-state index in [1.165, 1.54) is 0 Å². The fourth-order valence-electron chi connectivity index (χ4n) is 1.68. The molecule has 0 amide bonds. The fraction of sp³-hybridized carbons (Fsp3) is 0. The number of pyridine rings is 1. The molecule has 0 aliphatic rings. The first-order valence-corrected chi connectivity index (χ1v) is 5.32. The summed E-state index contributed by atoms with van der Waals surface area (Å²) in [6, 6.07) is 14.2. The molecule has 3 aromatic rings. The Kier molecular flexibility index (Phi) is 2.38. The molecule has 0 spiro atoms. The van der Waals surface area contributed by atoms with Crippen LogP contribution in [0.5, 0.6) is 0 Å². The quantitative estimate of drug-likeness (QED) is 0.668. The molecule has 2 aromatic heterocycles. The third kappa shape index (κ3) is 1.92. The minimum absolute atomic E-state index is 0.767. The van der Waals surface area contributed by atoms with E-state index in [1.807, 2.05) is 30.3 Å². The monoisotopic (exact) mass is 222 g/mol. The lowest BCUT2D eigenvalue weighted by atomic mass is 10.1. The van der Waals surface area contributed by atoms with Gasteiger partial charge in [0.25, 0.3) is 0 Å². The van der Waals surface area contributed by atoms with Crippen molar-refractivity contribution in [2.45, 2.75) is 0 Å². The lowest BCUT2D eigenvalue weighted by Crippen LogP contribution is -1.98. The molecule has 17 heavy (non-hydrogen) atoms. The van der Waals surface area contributed by atoms with E-state index in [2.05, 4.69) is 27.4 Å². The van der Waals surface area contributed by atoms with E-state index >= 15 is 0 Å². The Morgan fingerprint density at radius 2 is 1.76 bits per heavy atom. The van der Waals surface area contributed by atoms with Crippen LogP contribution in [0.25, 0.3) is 16.9 Å². The van der Waals surface area contributed by atoms with Crippen molar-refractivity contribution >= 4 is 0 Å². The van der Waals surface area contributed by atoms with Crippen molar-refractivity contribution in [2.75, 3.05) is 0 Å². The summed E-state index contributed by atoms with van der Waals surface area (Å²) >= 11 is 0. The molecule has 1 aromatic carbocycles. The zero-order chi connectivity index (χ0) is 11.5. The highest BCUT2D eigenvalue weighted by Gasteiger charge is 2.01. The minimum atomic E-state index is 0.767. The SMILES string of the molecule is c1ccc(-c2ccnc(-n3ccnn3)c2)cc1. The number of hydrogen-bond acceptors (Lipinski definition) is 3. The molecule has 4 heteroatoms. The second-order valence-corrected chi connectivity index (χ2v) is 3.62. The lowest BCUT2D eigenvalue weighted by molar-refractivity contribution is 0.782. The van der Waals surface area contributed by atoms with Crippen molar-refractivity contribution in [3.63, 3.8) is 0 Å². The first-order valence-electron chi connectivity index (χ1n) is 5.32. The normalized spacial score (nSPS) is 10.4. The standard InChI is InChI=1S/C13H10N4/c1-2-4-11(5-3-1)12-6-7-14-13(10-12)17-9-8-15-16-17/h1-10H. The maximum atomic E-state index is 4.27. The smallest absolute Gasteiger partial charge is 0.155 e. The fourth-order valence-corrected chi connectivity index (χ4v) is 1.68. The van der Waals surface area contributed by atoms with Crippen molar-refractivity contribution in [2.24, 2.45) is 0 Å². The summed E-state index contributed by atoms with van der Waals surface area (Å²) in [5.74, 6) is 0.767. The van der Waals surface area contributed by atoms with Gasteiger partial charge < -0.3 is 0 Å². The molecular weight excluding hydrogens is 212 g/mol. The average molecular weight is 222 g/mol. The molecular formula is C13H10N4. The molecule has 2 heterocycles. The number of nitrogens with zero attached hydrogens (tertiary/aromatic N) is 4. The van der Waals surface area contributed by atoms with Crippen LogP contribution in [0.15, 0.2) is 61.1 Å². The van der Waals surface area contributed by atoms with E-state index in [4.69, 9.17) is 0 Å². The number of hydrogen-bond donors (Lipinski definition) is 0. The molecule has 82 valence electrons. The molecule has 0 aliphatic carbocycles. The molecule has 0 saturated carbocycles. The van der Waals surface area contributed by atoms with Crippen molar-refractivity contribution < 1.29 is 0 Å². The summed E-state index contributed by atoms with van der Waals surface area (Å²) in [4.78, 5) is 4.27. The first kappa shape index (κ1) is 9.72. The van der Waals surface area contributed by atoms with Gasteiger partial charge in [0.2, 0.25) is 0 Å². The van der Waals surface area contributed by atoms with Gasteiger partial charge in [-0.15, -0.1) is 5.10 Å². The van der Waals surface area contributed by atoms with E-state index < -0.39 is 0 Å². The molecule has 0 N–H and O–H groups in total. The van der Waals surface area contributed by atoms with Crippen molar-refractivity contribution in [1.29, 1.82) is 0 Å². The number of rotatable bonds is 2. The summed E-state index contributed by atoms with van der Waals surface area (Å²) in [6.45, 7) is 0. The molecule has 0 radical (unpaired) electrons. The van der Waals surface area contributed by atoms with Crippen LogP contribution < -0.4 is 0 Å². The zero-order valence-corrected chi connectivity index (χ0v) is 9.06. The van der Waals surface area contributed by atoms with Gasteiger partial charge in [-0.05, 0) is 23.3 Å². The predicted octanol–water partition coefficient (Wildman–Crippen LogP) is 2.33. The highest BCUT2D eigenvalue weighted by atomic mass is 15.4. The van der Waals surface area contributed by atoms with Crippen LogP contribution in [0.1, 0.15) is 0 Å². The van der Waals surface area contributed by atoms with Gasteiger partial charge in [0, 0.05) is 6.20 Å². The Hall–Kier alpha value is -2.49. The summed E-state index contributed by atoms with van der Waals surface area (Å²) in [5, 5.41) is 7.70. The third-order valence-corrected chi connectivity index (χ3v) is 2.51. The molecule has 0 fully saturated rings. The molecule has 0 saturated heterocycles. The van der Waals surface area contributed by atoms with Gasteiger partial charge in [0.15, 0.2) is 5.82 Å². The van der Waals surface area contributed by atoms with Crippen LogP contribution in [0.2, 0.25) is 0 Å². The molecule has 3 rings (SSSR count). The highest BCUT2D eigenvalue weighted by molar-refractivity contribution is 5.64. The van der Waals surface area contributed by atoms with Gasteiger partial charge >= 0.3 is 0 Å². The van der Waals surface area contributed by atoms with Crippen LogP contribution in [0.3, 0.4) is 0 Å². The van der Waals surface area contributed by atoms with Crippen LogP contribution >= 0.6 is 0 Å². The van der Waals surface area contributed by atoms with Gasteiger partial charge in [0.1, 0.15) is 0 Å². The maximum absolute atomic E-state index is 4.27. The second-order valence-electron chi connectivity index (χ2n) is 3.62. The Morgan fingerprint density at radius 3 is 2.53 bits per heavy atom. The van der Waals surface area contributed by atoms with E-state index in [0.717, 1.165) is 16.9 Å². The summed E-state index contributed by atoms with van der Waals surface area (Å²) < 4.78 is 1.65. The van der Waals surface area contributed by atoms with E-state index in [0.29, 0.717) is 0 Å². The Morgan fingerprint density at radius 1 is 0.882 bits per heavy atom. The first-order chi connectivity index (χ1) is 8.43. The average Bonchev–Trinajstić information content (AvgIpc) is 2.94. The molecule has 0 atom stereocenters. The van der Waals surface area contributed by atoms with Crippen molar-refractivity contribution in [3.05, 3.63) is 61.1 Å². The molecule has 0 aliphatic heterocycles. The Bertz CT molecular complexity index is 602. The minimum Gasteiger partial charge on any atom is -0.237 e. The third-order valence-electron chi connectivity index (χ3n) is 2.51. The van der Waals surface area contributed by atoms with E-state index in [1.54, 1.807) is 23.3 Å². The van der Waals surface area contributed by atoms with Gasteiger partial charge in [0.05, 0.1) is 12.4 Å².